The Hall–Kier alpha value is -2.62. The summed E-state index contributed by atoms with van der Waals surface area (Å²) in [5.74, 6) is -0.922. The van der Waals surface area contributed by atoms with Crippen molar-refractivity contribution in [1.29, 1.82) is 0 Å². The summed E-state index contributed by atoms with van der Waals surface area (Å²) in [6, 6.07) is 0. The number of nitrogens with one attached hydrogen (secondary N) is 1. The van der Waals surface area contributed by atoms with Crippen molar-refractivity contribution in [3.05, 3.63) is 77.0 Å². The van der Waals surface area contributed by atoms with Gasteiger partial charge in [-0.15, -0.1) is 0 Å². The van der Waals surface area contributed by atoms with E-state index >= 15 is 0 Å². The van der Waals surface area contributed by atoms with Crippen molar-refractivity contribution < 1.29 is 9.90 Å². The van der Waals surface area contributed by atoms with E-state index in [0.717, 1.165) is 18.4 Å². The summed E-state index contributed by atoms with van der Waals surface area (Å²) in [5, 5.41) is 8.74. The molecule has 0 aliphatic heterocycles. The van der Waals surface area contributed by atoms with Crippen LogP contribution in [0.1, 0.15) is 52.7 Å². The van der Waals surface area contributed by atoms with Crippen LogP contribution in [0.4, 0.5) is 0 Å². The average molecular weight is 367 g/mol. The average Bonchev–Trinajstić information content (AvgIpc) is 3.06. The maximum Gasteiger partial charge on any atom is 0.328 e. The van der Waals surface area contributed by atoms with E-state index < -0.39 is 5.97 Å². The molecule has 1 atom stereocenters. The maximum atomic E-state index is 10.6. The molecule has 0 aromatic carbocycles. The summed E-state index contributed by atoms with van der Waals surface area (Å²) in [7, 11) is 0. The van der Waals surface area contributed by atoms with Crippen LogP contribution >= 0.6 is 0 Å². The van der Waals surface area contributed by atoms with Crippen molar-refractivity contribution in [3.63, 3.8) is 0 Å². The van der Waals surface area contributed by atoms with Gasteiger partial charge < -0.3 is 10.1 Å². The molecule has 0 bridgehead atoms. The Morgan fingerprint density at radius 1 is 1.33 bits per heavy atom. The molecule has 144 valence electrons. The third-order valence-electron chi connectivity index (χ3n) is 5.11. The predicted molar refractivity (Wildman–Crippen MR) is 110 cm³/mol. The Morgan fingerprint density at radius 3 is 2.78 bits per heavy atom. The van der Waals surface area contributed by atoms with Crippen molar-refractivity contribution in [2.24, 2.45) is 5.41 Å². The lowest BCUT2D eigenvalue weighted by molar-refractivity contribution is -0.131. The fourth-order valence-corrected chi connectivity index (χ4v) is 3.72. The van der Waals surface area contributed by atoms with Crippen LogP contribution in [0.2, 0.25) is 0 Å². The van der Waals surface area contributed by atoms with Crippen molar-refractivity contribution in [1.82, 2.24) is 9.97 Å². The first-order valence-electron chi connectivity index (χ1n) is 9.42. The third kappa shape index (κ3) is 6.24. The van der Waals surface area contributed by atoms with Gasteiger partial charge in [0, 0.05) is 18.0 Å². The Morgan fingerprint density at radius 2 is 2.11 bits per heavy atom. The van der Waals surface area contributed by atoms with Crippen LogP contribution in [-0.2, 0) is 11.2 Å². The third-order valence-corrected chi connectivity index (χ3v) is 5.11. The zero-order valence-electron chi connectivity index (χ0n) is 16.7. The normalized spacial score (nSPS) is 22.2. The number of hydrogen-bond donors (Lipinski definition) is 2. The molecule has 0 saturated heterocycles. The van der Waals surface area contributed by atoms with Crippen molar-refractivity contribution in [2.45, 2.75) is 53.4 Å². The number of aliphatic carboxylic acids is 1. The van der Waals surface area contributed by atoms with E-state index in [2.05, 4.69) is 42.9 Å². The minimum absolute atomic E-state index is 0.113. The fraction of sp³-hybridized carbons (Fsp3) is 0.391. The van der Waals surface area contributed by atoms with Crippen molar-refractivity contribution in [3.8, 4) is 0 Å². The van der Waals surface area contributed by atoms with Crippen LogP contribution in [0.15, 0.2) is 71.3 Å². The number of carboxylic acids is 1. The molecule has 4 heteroatoms. The fourth-order valence-electron chi connectivity index (χ4n) is 3.72. The molecule has 0 saturated carbocycles. The van der Waals surface area contributed by atoms with Gasteiger partial charge in [-0.2, -0.15) is 0 Å². The second-order valence-electron chi connectivity index (χ2n) is 7.69. The first kappa shape index (κ1) is 20.7. The first-order valence-corrected chi connectivity index (χ1v) is 9.42. The number of allylic oxidation sites excluding steroid dienone is 9. The highest BCUT2D eigenvalue weighted by Gasteiger charge is 2.32. The highest BCUT2D eigenvalue weighted by Crippen LogP contribution is 2.43. The molecule has 1 aliphatic carbocycles. The lowest BCUT2D eigenvalue weighted by Crippen LogP contribution is -2.26. The summed E-state index contributed by atoms with van der Waals surface area (Å²) in [6.45, 7) is 8.42. The molecule has 27 heavy (non-hydrogen) atoms. The van der Waals surface area contributed by atoms with Gasteiger partial charge in [0.25, 0.3) is 0 Å². The molecule has 2 rings (SSSR count). The molecule has 0 amide bonds. The molecule has 0 radical (unpaired) electrons. The lowest BCUT2D eigenvalue weighted by Gasteiger charge is -2.36. The lowest BCUT2D eigenvalue weighted by atomic mass is 9.68. The standard InChI is InChI=1S/C23H30N2O2/c1-17(7-5-8-18(2)13-22(26)27)10-11-21-19(3)9-6-12-23(21,4)14-20-15-24-16-25-20/h5,7-8,10-11,13,15-16H,6,9,12,14H2,1-4H3,(H,24,25)(H,26,27)/b8-5+,11-10+,17-7+,18-13+/t23-/m0/s1. The van der Waals surface area contributed by atoms with Gasteiger partial charge in [-0.3, -0.25) is 0 Å². The number of hydrogen-bond acceptors (Lipinski definition) is 2. The smallest absolute Gasteiger partial charge is 0.328 e. The molecular formula is C23H30N2O2. The van der Waals surface area contributed by atoms with E-state index in [9.17, 15) is 4.79 Å². The van der Waals surface area contributed by atoms with Gasteiger partial charge in [0.05, 0.1) is 6.33 Å². The summed E-state index contributed by atoms with van der Waals surface area (Å²) in [6.07, 6.45) is 19.5. The van der Waals surface area contributed by atoms with Crippen molar-refractivity contribution in [2.75, 3.05) is 0 Å². The van der Waals surface area contributed by atoms with E-state index in [1.807, 2.05) is 18.3 Å². The minimum Gasteiger partial charge on any atom is -0.478 e. The van der Waals surface area contributed by atoms with Gasteiger partial charge in [0.2, 0.25) is 0 Å². The molecular weight excluding hydrogens is 336 g/mol. The molecule has 0 fully saturated rings. The Bertz CT molecular complexity index is 807. The number of H-pyrrole nitrogens is 1. The van der Waals surface area contributed by atoms with Gasteiger partial charge in [0.1, 0.15) is 0 Å². The van der Waals surface area contributed by atoms with E-state index in [1.54, 1.807) is 19.3 Å². The molecule has 0 unspecified atom stereocenters. The van der Waals surface area contributed by atoms with Gasteiger partial charge in [-0.1, -0.05) is 48.5 Å². The summed E-state index contributed by atoms with van der Waals surface area (Å²) >= 11 is 0. The van der Waals surface area contributed by atoms with Crippen LogP contribution in [0.5, 0.6) is 0 Å². The highest BCUT2D eigenvalue weighted by molar-refractivity contribution is 5.81. The van der Waals surface area contributed by atoms with Gasteiger partial charge in [0.15, 0.2) is 0 Å². The number of rotatable bonds is 7. The van der Waals surface area contributed by atoms with Crippen LogP contribution in [0, 0.1) is 5.41 Å². The van der Waals surface area contributed by atoms with E-state index in [-0.39, 0.29) is 5.41 Å². The largest absolute Gasteiger partial charge is 0.478 e. The molecule has 0 spiro atoms. The van der Waals surface area contributed by atoms with Crippen molar-refractivity contribution >= 4 is 5.97 Å². The molecule has 1 aromatic rings. The molecule has 2 N–H and O–H groups in total. The van der Waals surface area contributed by atoms with Crippen LogP contribution in [-0.4, -0.2) is 21.0 Å². The zero-order chi connectivity index (χ0) is 19.9. The number of imidazole rings is 1. The van der Waals surface area contributed by atoms with Crippen LogP contribution in [0.3, 0.4) is 0 Å². The van der Waals surface area contributed by atoms with Gasteiger partial charge >= 0.3 is 5.97 Å². The van der Waals surface area contributed by atoms with Gasteiger partial charge in [-0.05, 0) is 63.0 Å². The molecule has 1 aromatic heterocycles. The summed E-state index contributed by atoms with van der Waals surface area (Å²) < 4.78 is 0. The number of aromatic amines is 1. The number of carboxylic acid groups (broad SMARTS) is 1. The highest BCUT2D eigenvalue weighted by atomic mass is 16.4. The second kappa shape index (κ2) is 9.36. The Kier molecular flexibility index (Phi) is 7.17. The Balaban J connectivity index is 2.15. The minimum atomic E-state index is -0.922. The summed E-state index contributed by atoms with van der Waals surface area (Å²) in [4.78, 5) is 18.0. The quantitative estimate of drug-likeness (QED) is 0.491. The molecule has 1 heterocycles. The maximum absolute atomic E-state index is 10.6. The predicted octanol–water partition coefficient (Wildman–Crippen LogP) is 5.55. The van der Waals surface area contributed by atoms with Gasteiger partial charge in [-0.25, -0.2) is 9.78 Å². The topological polar surface area (TPSA) is 66.0 Å². The number of aromatic nitrogens is 2. The van der Waals surface area contributed by atoms with E-state index in [0.29, 0.717) is 5.57 Å². The second-order valence-corrected chi connectivity index (χ2v) is 7.69. The molecule has 1 aliphatic rings. The summed E-state index contributed by atoms with van der Waals surface area (Å²) in [5.41, 5.74) is 6.01. The molecule has 4 nitrogen and oxygen atoms in total. The number of nitrogens with zero attached hydrogens (tertiary/aromatic N) is 1. The first-order chi connectivity index (χ1) is 12.8. The Labute approximate surface area is 162 Å². The zero-order valence-corrected chi connectivity index (χ0v) is 16.7. The van der Waals surface area contributed by atoms with E-state index in [1.165, 1.54) is 35.8 Å². The van der Waals surface area contributed by atoms with Crippen LogP contribution in [0.25, 0.3) is 0 Å². The van der Waals surface area contributed by atoms with E-state index in [4.69, 9.17) is 5.11 Å². The number of carbonyl (C=O) groups is 1. The SMILES string of the molecule is CC1=C(/C=C/C(C)=C/C=C/C(C)=C/C(=O)O)[C@](C)(Cc2cnc[nH]2)CCC1. The van der Waals surface area contributed by atoms with Crippen LogP contribution < -0.4 is 0 Å². The monoisotopic (exact) mass is 366 g/mol.